The van der Waals surface area contributed by atoms with Crippen molar-refractivity contribution in [3.63, 3.8) is 0 Å². The van der Waals surface area contributed by atoms with Crippen molar-refractivity contribution >= 4 is 9.84 Å². The summed E-state index contributed by atoms with van der Waals surface area (Å²) in [6.07, 6.45) is -2.50. The topological polar surface area (TPSA) is 73.1 Å². The molecule has 1 saturated heterocycles. The summed E-state index contributed by atoms with van der Waals surface area (Å²) in [4.78, 5) is 4.05. The number of alkyl halides is 2. The lowest BCUT2D eigenvalue weighted by Gasteiger charge is -2.02. The lowest BCUT2D eigenvalue weighted by Crippen LogP contribution is -2.05. The summed E-state index contributed by atoms with van der Waals surface area (Å²) in [5.74, 6) is -1.19. The fourth-order valence-corrected chi connectivity index (χ4v) is 4.09. The van der Waals surface area contributed by atoms with Crippen molar-refractivity contribution in [2.75, 3.05) is 11.5 Å². The fraction of sp³-hybridized carbons (Fsp3) is 0.385. The zero-order valence-electron chi connectivity index (χ0n) is 11.2. The minimum atomic E-state index is -3.09. The van der Waals surface area contributed by atoms with Gasteiger partial charge in [-0.15, -0.1) is 0 Å². The second-order valence-electron chi connectivity index (χ2n) is 5.09. The van der Waals surface area contributed by atoms with Crippen molar-refractivity contribution in [2.24, 2.45) is 0 Å². The number of hydrogen-bond donors (Lipinski definition) is 0. The summed E-state index contributed by atoms with van der Waals surface area (Å²) >= 11 is 0. The van der Waals surface area contributed by atoms with Gasteiger partial charge in [-0.1, -0.05) is 5.16 Å². The second kappa shape index (κ2) is 5.38. The minimum Gasteiger partial charge on any atom is -0.334 e. The molecule has 1 aromatic heterocycles. The van der Waals surface area contributed by atoms with Crippen LogP contribution in [0.25, 0.3) is 11.5 Å². The molecule has 0 amide bonds. The lowest BCUT2D eigenvalue weighted by molar-refractivity contribution is 0.146. The molecule has 1 fully saturated rings. The number of nitrogens with zero attached hydrogens (tertiary/aromatic N) is 2. The summed E-state index contributed by atoms with van der Waals surface area (Å²) in [6.45, 7) is 0. The van der Waals surface area contributed by atoms with Crippen LogP contribution in [-0.2, 0) is 9.84 Å². The molecule has 1 aliphatic rings. The Bertz CT molecular complexity index is 805. The van der Waals surface area contributed by atoms with Crippen LogP contribution in [0.4, 0.5) is 13.2 Å². The van der Waals surface area contributed by atoms with E-state index in [0.29, 0.717) is 6.42 Å². The van der Waals surface area contributed by atoms with Crippen LogP contribution in [0.15, 0.2) is 22.7 Å². The quantitative estimate of drug-likeness (QED) is 0.864. The van der Waals surface area contributed by atoms with Gasteiger partial charge in [-0.05, 0) is 24.6 Å². The van der Waals surface area contributed by atoms with Crippen LogP contribution in [0.2, 0.25) is 0 Å². The predicted molar refractivity (Wildman–Crippen MR) is 70.7 cm³/mol. The summed E-state index contributed by atoms with van der Waals surface area (Å²) in [7, 11) is -3.09. The Balaban J connectivity index is 1.87. The Morgan fingerprint density at radius 2 is 2.09 bits per heavy atom. The molecule has 22 heavy (non-hydrogen) atoms. The molecule has 3 rings (SSSR count). The SMILES string of the molecule is O=S1(=O)CCC(c2noc(-c3ccc(C(F)F)c(F)c3)n2)C1. The Morgan fingerprint density at radius 3 is 2.68 bits per heavy atom. The Hall–Kier alpha value is -1.90. The van der Waals surface area contributed by atoms with Crippen molar-refractivity contribution in [3.8, 4) is 11.5 Å². The number of hydrogen-bond acceptors (Lipinski definition) is 5. The molecule has 1 aromatic carbocycles. The predicted octanol–water partition coefficient (Wildman–Crippen LogP) is 2.72. The van der Waals surface area contributed by atoms with Crippen LogP contribution in [0.3, 0.4) is 0 Å². The first-order valence-corrected chi connectivity index (χ1v) is 8.30. The van der Waals surface area contributed by atoms with Gasteiger partial charge < -0.3 is 4.52 Å². The van der Waals surface area contributed by atoms with E-state index in [2.05, 4.69) is 10.1 Å². The van der Waals surface area contributed by atoms with Crippen molar-refractivity contribution in [3.05, 3.63) is 35.4 Å². The van der Waals surface area contributed by atoms with E-state index in [4.69, 9.17) is 4.52 Å². The number of halogens is 3. The van der Waals surface area contributed by atoms with E-state index in [9.17, 15) is 21.6 Å². The Labute approximate surface area is 124 Å². The molecule has 0 spiro atoms. The molecule has 1 unspecified atom stereocenters. The van der Waals surface area contributed by atoms with Crippen LogP contribution in [0, 0.1) is 5.82 Å². The Kier molecular flexibility index (Phi) is 3.67. The van der Waals surface area contributed by atoms with Gasteiger partial charge in [0.15, 0.2) is 15.7 Å². The molecule has 118 valence electrons. The molecule has 9 heteroatoms. The van der Waals surface area contributed by atoms with Crippen LogP contribution in [0.1, 0.15) is 30.2 Å². The van der Waals surface area contributed by atoms with Gasteiger partial charge >= 0.3 is 0 Å². The zero-order chi connectivity index (χ0) is 15.9. The fourth-order valence-electron chi connectivity index (χ4n) is 2.35. The van der Waals surface area contributed by atoms with Gasteiger partial charge in [0, 0.05) is 11.5 Å². The van der Waals surface area contributed by atoms with Crippen molar-refractivity contribution in [2.45, 2.75) is 18.8 Å². The highest BCUT2D eigenvalue weighted by Crippen LogP contribution is 2.30. The normalized spacial score (nSPS) is 20.6. The van der Waals surface area contributed by atoms with E-state index >= 15 is 0 Å². The zero-order valence-corrected chi connectivity index (χ0v) is 12.0. The van der Waals surface area contributed by atoms with Gasteiger partial charge in [0.2, 0.25) is 0 Å². The molecule has 1 aliphatic heterocycles. The minimum absolute atomic E-state index is 0.0287. The third kappa shape index (κ3) is 2.85. The molecule has 0 saturated carbocycles. The number of sulfone groups is 1. The first-order chi connectivity index (χ1) is 10.4. The molecule has 2 aromatic rings. The largest absolute Gasteiger partial charge is 0.334 e. The average molecular weight is 332 g/mol. The highest BCUT2D eigenvalue weighted by molar-refractivity contribution is 7.91. The molecule has 0 bridgehead atoms. The van der Waals surface area contributed by atoms with E-state index < -0.39 is 27.6 Å². The first kappa shape index (κ1) is 15.0. The van der Waals surface area contributed by atoms with E-state index in [0.717, 1.165) is 12.1 Å². The van der Waals surface area contributed by atoms with Crippen molar-refractivity contribution in [1.29, 1.82) is 0 Å². The maximum absolute atomic E-state index is 13.5. The highest BCUT2D eigenvalue weighted by atomic mass is 32.2. The van der Waals surface area contributed by atoms with Gasteiger partial charge in [0.25, 0.3) is 12.3 Å². The third-order valence-corrected chi connectivity index (χ3v) is 5.29. The third-order valence-electron chi connectivity index (χ3n) is 3.52. The second-order valence-corrected chi connectivity index (χ2v) is 7.32. The molecule has 0 N–H and O–H groups in total. The van der Waals surface area contributed by atoms with E-state index in [1.54, 1.807) is 0 Å². The maximum atomic E-state index is 13.5. The van der Waals surface area contributed by atoms with E-state index in [1.165, 1.54) is 6.07 Å². The smallest absolute Gasteiger partial charge is 0.266 e. The lowest BCUT2D eigenvalue weighted by atomic mass is 10.1. The number of rotatable bonds is 3. The van der Waals surface area contributed by atoms with Crippen LogP contribution in [-0.4, -0.2) is 30.1 Å². The van der Waals surface area contributed by atoms with Gasteiger partial charge in [0.1, 0.15) is 5.82 Å². The average Bonchev–Trinajstić information content (AvgIpc) is 3.04. The van der Waals surface area contributed by atoms with Gasteiger partial charge in [-0.2, -0.15) is 4.98 Å². The van der Waals surface area contributed by atoms with Gasteiger partial charge in [-0.25, -0.2) is 21.6 Å². The molecular formula is C13H11F3N2O3S. The van der Waals surface area contributed by atoms with Crippen LogP contribution >= 0.6 is 0 Å². The summed E-state index contributed by atoms with van der Waals surface area (Å²) in [6, 6.07) is 3.11. The monoisotopic (exact) mass is 332 g/mol. The first-order valence-electron chi connectivity index (χ1n) is 6.48. The van der Waals surface area contributed by atoms with E-state index in [-0.39, 0.29) is 34.7 Å². The summed E-state index contributed by atoms with van der Waals surface area (Å²) < 4.78 is 66.4. The Morgan fingerprint density at radius 1 is 1.32 bits per heavy atom. The highest BCUT2D eigenvalue weighted by Gasteiger charge is 2.32. The summed E-state index contributed by atoms with van der Waals surface area (Å²) in [5, 5.41) is 3.71. The van der Waals surface area contributed by atoms with Crippen molar-refractivity contribution < 1.29 is 26.1 Å². The standard InChI is InChI=1S/C13H11F3N2O3S/c14-10-5-7(1-2-9(10)11(15)16)13-17-12(18-21-13)8-3-4-22(19,20)6-8/h1-2,5,8,11H,3-4,6H2. The molecule has 5 nitrogen and oxygen atoms in total. The molecule has 1 atom stereocenters. The molecule has 0 radical (unpaired) electrons. The summed E-state index contributed by atoms with van der Waals surface area (Å²) in [5.41, 5.74) is -0.535. The molecular weight excluding hydrogens is 321 g/mol. The number of aromatic nitrogens is 2. The molecule has 2 heterocycles. The van der Waals surface area contributed by atoms with Gasteiger partial charge in [0.05, 0.1) is 17.1 Å². The molecule has 0 aliphatic carbocycles. The van der Waals surface area contributed by atoms with Crippen molar-refractivity contribution in [1.82, 2.24) is 10.1 Å². The van der Waals surface area contributed by atoms with Crippen LogP contribution < -0.4 is 0 Å². The van der Waals surface area contributed by atoms with E-state index in [1.807, 2.05) is 0 Å². The maximum Gasteiger partial charge on any atom is 0.266 e. The van der Waals surface area contributed by atoms with Crippen LogP contribution in [0.5, 0.6) is 0 Å². The number of benzene rings is 1. The van der Waals surface area contributed by atoms with Gasteiger partial charge in [-0.3, -0.25) is 0 Å².